The number of carbonyl (C=O) groups is 2. The van der Waals surface area contributed by atoms with E-state index in [-0.39, 0.29) is 29.9 Å². The number of amides is 1. The van der Waals surface area contributed by atoms with Crippen LogP contribution in [0.15, 0.2) is 53.7 Å². The average molecular weight is 412 g/mol. The summed E-state index contributed by atoms with van der Waals surface area (Å²) in [6.07, 6.45) is 1.19. The Morgan fingerprint density at radius 2 is 1.72 bits per heavy atom. The Morgan fingerprint density at radius 1 is 0.966 bits per heavy atom. The molecule has 29 heavy (non-hydrogen) atoms. The molecular weight excluding hydrogens is 390 g/mol. The van der Waals surface area contributed by atoms with Crippen LogP contribution in [0.2, 0.25) is 5.02 Å². The number of ether oxygens (including phenoxy) is 2. The highest BCUT2D eigenvalue weighted by Crippen LogP contribution is 2.44. The fraction of sp³-hybridized carbons (Fsp3) is 0.304. The molecule has 1 heterocycles. The van der Waals surface area contributed by atoms with E-state index in [1.807, 2.05) is 36.4 Å². The van der Waals surface area contributed by atoms with Gasteiger partial charge in [-0.25, -0.2) is 0 Å². The van der Waals surface area contributed by atoms with Crippen molar-refractivity contribution < 1.29 is 19.1 Å². The number of rotatable bonds is 4. The first-order valence-electron chi connectivity index (χ1n) is 9.54. The minimum Gasteiger partial charge on any atom is -0.493 e. The quantitative estimate of drug-likeness (QED) is 0.811. The lowest BCUT2D eigenvalue weighted by atomic mass is 9.73. The SMILES string of the molecule is COc1ccc([C@@H]2CC(=O)NC3=C2C(=O)C[C@H](c2ccccc2Cl)C3)cc1OC. The summed E-state index contributed by atoms with van der Waals surface area (Å²) in [6, 6.07) is 13.1. The summed E-state index contributed by atoms with van der Waals surface area (Å²) >= 11 is 6.36. The highest BCUT2D eigenvalue weighted by molar-refractivity contribution is 6.31. The predicted octanol–water partition coefficient (Wildman–Crippen LogP) is 4.36. The molecule has 1 N–H and O–H groups in total. The molecule has 2 aliphatic rings. The van der Waals surface area contributed by atoms with Crippen LogP contribution in [-0.4, -0.2) is 25.9 Å². The maximum atomic E-state index is 13.2. The predicted molar refractivity (Wildman–Crippen MR) is 111 cm³/mol. The molecule has 0 radical (unpaired) electrons. The Labute approximate surface area is 174 Å². The standard InChI is InChI=1S/C23H22ClNO4/c1-28-20-8-7-13(11-21(20)29-2)16-12-22(27)25-18-9-14(10-19(26)23(16)18)15-5-3-4-6-17(15)24/h3-8,11,14,16H,9-10,12H2,1-2H3,(H,25,27)/t14-,16+/m1/s1. The van der Waals surface area contributed by atoms with Crippen molar-refractivity contribution in [2.24, 2.45) is 0 Å². The first-order chi connectivity index (χ1) is 14.0. The van der Waals surface area contributed by atoms with Crippen LogP contribution in [0.5, 0.6) is 11.5 Å². The molecule has 6 heteroatoms. The summed E-state index contributed by atoms with van der Waals surface area (Å²) in [6.45, 7) is 0. The molecule has 0 aromatic heterocycles. The van der Waals surface area contributed by atoms with E-state index in [9.17, 15) is 9.59 Å². The second-order valence-corrected chi connectivity index (χ2v) is 7.77. The van der Waals surface area contributed by atoms with Gasteiger partial charge in [0.05, 0.1) is 14.2 Å². The molecule has 2 atom stereocenters. The van der Waals surface area contributed by atoms with Gasteiger partial charge in [0.15, 0.2) is 17.3 Å². The highest BCUT2D eigenvalue weighted by Gasteiger charge is 2.38. The van der Waals surface area contributed by atoms with Crippen LogP contribution < -0.4 is 14.8 Å². The topological polar surface area (TPSA) is 64.6 Å². The first kappa shape index (κ1) is 19.5. The largest absolute Gasteiger partial charge is 0.493 e. The van der Waals surface area contributed by atoms with Crippen molar-refractivity contribution in [2.45, 2.75) is 31.1 Å². The molecule has 4 rings (SSSR count). The third-order valence-corrected chi connectivity index (χ3v) is 6.04. The molecule has 1 aliphatic carbocycles. The Kier molecular flexibility index (Phi) is 5.33. The number of ketones is 1. The lowest BCUT2D eigenvalue weighted by molar-refractivity contribution is -0.122. The van der Waals surface area contributed by atoms with E-state index in [0.717, 1.165) is 11.1 Å². The van der Waals surface area contributed by atoms with Gasteiger partial charge in [-0.2, -0.15) is 0 Å². The Bertz CT molecular complexity index is 1010. The molecule has 1 aliphatic heterocycles. The molecule has 0 saturated carbocycles. The van der Waals surface area contributed by atoms with Crippen LogP contribution >= 0.6 is 11.6 Å². The second-order valence-electron chi connectivity index (χ2n) is 7.36. The monoisotopic (exact) mass is 411 g/mol. The smallest absolute Gasteiger partial charge is 0.225 e. The zero-order valence-electron chi connectivity index (χ0n) is 16.3. The average Bonchev–Trinajstić information content (AvgIpc) is 2.72. The normalized spacial score (nSPS) is 21.5. The Hall–Kier alpha value is -2.79. The van der Waals surface area contributed by atoms with Crippen molar-refractivity contribution in [3.05, 3.63) is 69.9 Å². The number of allylic oxidation sites excluding steroid dienone is 2. The highest BCUT2D eigenvalue weighted by atomic mass is 35.5. The van der Waals surface area contributed by atoms with Crippen LogP contribution in [0.1, 0.15) is 42.2 Å². The molecule has 0 bridgehead atoms. The Balaban J connectivity index is 1.73. The minimum atomic E-state index is -0.293. The zero-order chi connectivity index (χ0) is 20.5. The fourth-order valence-electron chi connectivity index (χ4n) is 4.34. The second kappa shape index (κ2) is 7.91. The van der Waals surface area contributed by atoms with E-state index in [2.05, 4.69) is 5.32 Å². The van der Waals surface area contributed by atoms with E-state index >= 15 is 0 Å². The van der Waals surface area contributed by atoms with Gasteiger partial charge in [0.2, 0.25) is 5.91 Å². The number of hydrogen-bond acceptors (Lipinski definition) is 4. The van der Waals surface area contributed by atoms with Gasteiger partial charge in [0.25, 0.3) is 0 Å². The Morgan fingerprint density at radius 3 is 2.45 bits per heavy atom. The maximum absolute atomic E-state index is 13.2. The summed E-state index contributed by atoms with van der Waals surface area (Å²) in [7, 11) is 3.14. The maximum Gasteiger partial charge on any atom is 0.225 e. The van der Waals surface area contributed by atoms with Crippen LogP contribution in [0.4, 0.5) is 0 Å². The van der Waals surface area contributed by atoms with Gasteiger partial charge in [-0.3, -0.25) is 9.59 Å². The number of methoxy groups -OCH3 is 2. The number of nitrogens with one attached hydrogen (secondary N) is 1. The molecule has 0 fully saturated rings. The minimum absolute atomic E-state index is 0.0422. The third-order valence-electron chi connectivity index (χ3n) is 5.69. The molecule has 1 amide bonds. The summed E-state index contributed by atoms with van der Waals surface area (Å²) in [4.78, 5) is 25.6. The van der Waals surface area contributed by atoms with Crippen molar-refractivity contribution in [3.8, 4) is 11.5 Å². The van der Waals surface area contributed by atoms with E-state index in [0.29, 0.717) is 40.6 Å². The van der Waals surface area contributed by atoms with E-state index in [1.165, 1.54) is 0 Å². The molecule has 0 unspecified atom stereocenters. The van der Waals surface area contributed by atoms with Crippen molar-refractivity contribution in [1.29, 1.82) is 0 Å². The van der Waals surface area contributed by atoms with Crippen LogP contribution in [-0.2, 0) is 9.59 Å². The van der Waals surface area contributed by atoms with Gasteiger partial charge in [-0.15, -0.1) is 0 Å². The van der Waals surface area contributed by atoms with Gasteiger partial charge < -0.3 is 14.8 Å². The number of benzene rings is 2. The van der Waals surface area contributed by atoms with Gasteiger partial charge in [0.1, 0.15) is 0 Å². The first-order valence-corrected chi connectivity index (χ1v) is 9.92. The molecule has 0 spiro atoms. The molecule has 2 aromatic carbocycles. The van der Waals surface area contributed by atoms with E-state index in [1.54, 1.807) is 20.3 Å². The summed E-state index contributed by atoms with van der Waals surface area (Å²) < 4.78 is 10.7. The van der Waals surface area contributed by atoms with E-state index in [4.69, 9.17) is 21.1 Å². The van der Waals surface area contributed by atoms with Gasteiger partial charge in [-0.1, -0.05) is 35.9 Å². The molecule has 5 nitrogen and oxygen atoms in total. The van der Waals surface area contributed by atoms with Crippen LogP contribution in [0, 0.1) is 0 Å². The number of halogens is 1. The van der Waals surface area contributed by atoms with Crippen molar-refractivity contribution in [2.75, 3.05) is 14.2 Å². The van der Waals surface area contributed by atoms with Gasteiger partial charge in [-0.05, 0) is 41.7 Å². The molecule has 0 saturated heterocycles. The lowest BCUT2D eigenvalue weighted by Crippen LogP contribution is -2.38. The van der Waals surface area contributed by atoms with Gasteiger partial charge >= 0.3 is 0 Å². The van der Waals surface area contributed by atoms with Crippen molar-refractivity contribution in [1.82, 2.24) is 5.32 Å². The summed E-state index contributed by atoms with van der Waals surface area (Å²) in [5.74, 6) is 0.819. The van der Waals surface area contributed by atoms with Crippen LogP contribution in [0.3, 0.4) is 0 Å². The lowest BCUT2D eigenvalue weighted by Gasteiger charge is -2.34. The van der Waals surface area contributed by atoms with E-state index < -0.39 is 0 Å². The van der Waals surface area contributed by atoms with Crippen molar-refractivity contribution >= 4 is 23.3 Å². The third kappa shape index (κ3) is 3.62. The molecular formula is C23H22ClNO4. The number of carbonyl (C=O) groups excluding carboxylic acids is 2. The van der Waals surface area contributed by atoms with Crippen LogP contribution in [0.25, 0.3) is 0 Å². The summed E-state index contributed by atoms with van der Waals surface area (Å²) in [5.41, 5.74) is 3.22. The fourth-order valence-corrected chi connectivity index (χ4v) is 4.63. The van der Waals surface area contributed by atoms with Crippen molar-refractivity contribution in [3.63, 3.8) is 0 Å². The van der Waals surface area contributed by atoms with Gasteiger partial charge in [0, 0.05) is 35.1 Å². The zero-order valence-corrected chi connectivity index (χ0v) is 17.1. The number of hydrogen-bond donors (Lipinski definition) is 1. The molecule has 2 aromatic rings. The molecule has 150 valence electrons. The number of Topliss-reactive ketones (excluding diaryl/α,β-unsaturated/α-hetero) is 1. The summed E-state index contributed by atoms with van der Waals surface area (Å²) in [5, 5.41) is 3.59.